The number of sulfone groups is 1. The summed E-state index contributed by atoms with van der Waals surface area (Å²) in [5.41, 5.74) is 6.87. The largest absolute Gasteiger partial charge is 0.396 e. The predicted molar refractivity (Wildman–Crippen MR) is 80.8 cm³/mol. The number of nitrogens with two attached hydrogens (primary N) is 1. The fourth-order valence-corrected chi connectivity index (χ4v) is 3.60. The van der Waals surface area contributed by atoms with Crippen LogP contribution in [0.2, 0.25) is 0 Å². The number of ether oxygens (including phenoxy) is 1. The quantitative estimate of drug-likeness (QED) is 0.841. The summed E-state index contributed by atoms with van der Waals surface area (Å²) in [5.74, 6) is 0. The Morgan fingerprint density at radius 2 is 2.05 bits per heavy atom. The highest BCUT2D eigenvalue weighted by Gasteiger charge is 2.32. The molecule has 112 valence electrons. The second-order valence-corrected chi connectivity index (χ2v) is 8.01. The van der Waals surface area contributed by atoms with E-state index in [1.54, 1.807) is 12.1 Å². The summed E-state index contributed by atoms with van der Waals surface area (Å²) in [5, 5.41) is 0. The molecule has 1 aliphatic rings. The van der Waals surface area contributed by atoms with Crippen LogP contribution < -0.4 is 10.6 Å². The minimum Gasteiger partial charge on any atom is -0.396 e. The Hall–Kier alpha value is -1.27. The summed E-state index contributed by atoms with van der Waals surface area (Å²) in [4.78, 5) is 2.28. The van der Waals surface area contributed by atoms with Gasteiger partial charge in [0.1, 0.15) is 0 Å². The molecule has 0 saturated carbocycles. The molecule has 6 heteroatoms. The van der Waals surface area contributed by atoms with Gasteiger partial charge in [-0.1, -0.05) is 6.07 Å². The van der Waals surface area contributed by atoms with Crippen LogP contribution in [-0.4, -0.2) is 39.5 Å². The number of benzene rings is 1. The van der Waals surface area contributed by atoms with Gasteiger partial charge in [-0.25, -0.2) is 8.42 Å². The first kappa shape index (κ1) is 15.1. The minimum atomic E-state index is -3.32. The maximum atomic E-state index is 11.8. The van der Waals surface area contributed by atoms with E-state index in [0.29, 0.717) is 18.8 Å². The Labute approximate surface area is 120 Å². The number of para-hydroxylation sites is 1. The summed E-state index contributed by atoms with van der Waals surface area (Å²) >= 11 is 0. The molecular formula is C14H22N2O3S. The van der Waals surface area contributed by atoms with Crippen molar-refractivity contribution in [1.82, 2.24) is 0 Å². The lowest BCUT2D eigenvalue weighted by molar-refractivity contribution is -0.0749. The molecule has 1 heterocycles. The van der Waals surface area contributed by atoms with Crippen molar-refractivity contribution in [1.29, 1.82) is 0 Å². The molecule has 0 spiro atoms. The zero-order chi connectivity index (χ0) is 15.1. The SMILES string of the molecule is CC1CN(c2cccc(S(C)(=O)=O)c2N)CC(C)(C)O1. The van der Waals surface area contributed by atoms with Crippen LogP contribution in [0.15, 0.2) is 23.1 Å². The van der Waals surface area contributed by atoms with Crippen molar-refractivity contribution in [3.8, 4) is 0 Å². The molecule has 1 aliphatic heterocycles. The number of anilines is 2. The lowest BCUT2D eigenvalue weighted by Crippen LogP contribution is -2.52. The highest BCUT2D eigenvalue weighted by Crippen LogP contribution is 2.33. The fraction of sp³-hybridized carbons (Fsp3) is 0.571. The lowest BCUT2D eigenvalue weighted by atomic mass is 10.0. The Morgan fingerprint density at radius 3 is 2.60 bits per heavy atom. The third-order valence-electron chi connectivity index (χ3n) is 3.35. The van der Waals surface area contributed by atoms with Crippen molar-refractivity contribution in [2.75, 3.05) is 30.0 Å². The maximum absolute atomic E-state index is 11.8. The number of nitrogens with zero attached hydrogens (tertiary/aromatic N) is 1. The smallest absolute Gasteiger partial charge is 0.177 e. The Kier molecular flexibility index (Phi) is 3.73. The normalized spacial score (nSPS) is 22.8. The summed E-state index contributed by atoms with van der Waals surface area (Å²) < 4.78 is 29.4. The van der Waals surface area contributed by atoms with Crippen LogP contribution >= 0.6 is 0 Å². The molecule has 20 heavy (non-hydrogen) atoms. The van der Waals surface area contributed by atoms with Crippen molar-refractivity contribution in [3.05, 3.63) is 18.2 Å². The molecule has 0 aliphatic carbocycles. The maximum Gasteiger partial charge on any atom is 0.177 e. The summed E-state index contributed by atoms with van der Waals surface area (Å²) in [6, 6.07) is 5.14. The average Bonchev–Trinajstić information content (AvgIpc) is 2.24. The van der Waals surface area contributed by atoms with Gasteiger partial charge in [0, 0.05) is 19.3 Å². The van der Waals surface area contributed by atoms with E-state index in [2.05, 4.69) is 4.90 Å². The first-order valence-corrected chi connectivity index (χ1v) is 8.50. The predicted octanol–water partition coefficient (Wildman–Crippen LogP) is 1.68. The number of hydrogen-bond acceptors (Lipinski definition) is 5. The average molecular weight is 298 g/mol. The Bertz CT molecular complexity index is 611. The molecular weight excluding hydrogens is 276 g/mol. The molecule has 2 rings (SSSR count). The molecule has 0 bridgehead atoms. The third-order valence-corrected chi connectivity index (χ3v) is 4.51. The van der Waals surface area contributed by atoms with E-state index in [4.69, 9.17) is 10.5 Å². The van der Waals surface area contributed by atoms with Gasteiger partial charge in [0.2, 0.25) is 0 Å². The number of morpholine rings is 1. The minimum absolute atomic E-state index is 0.0695. The van der Waals surface area contributed by atoms with E-state index >= 15 is 0 Å². The van der Waals surface area contributed by atoms with E-state index in [1.165, 1.54) is 6.26 Å². The first-order valence-electron chi connectivity index (χ1n) is 6.61. The van der Waals surface area contributed by atoms with Crippen molar-refractivity contribution < 1.29 is 13.2 Å². The van der Waals surface area contributed by atoms with E-state index in [0.717, 1.165) is 5.69 Å². The molecule has 1 atom stereocenters. The van der Waals surface area contributed by atoms with E-state index in [1.807, 2.05) is 26.8 Å². The molecule has 0 aromatic heterocycles. The van der Waals surface area contributed by atoms with Crippen LogP contribution in [0.3, 0.4) is 0 Å². The molecule has 0 amide bonds. The monoisotopic (exact) mass is 298 g/mol. The van der Waals surface area contributed by atoms with E-state index in [-0.39, 0.29) is 16.6 Å². The molecule has 5 nitrogen and oxygen atoms in total. The van der Waals surface area contributed by atoms with Gasteiger partial charge in [-0.3, -0.25) is 0 Å². The first-order chi connectivity index (χ1) is 9.10. The Balaban J connectivity index is 2.43. The third kappa shape index (κ3) is 3.07. The van der Waals surface area contributed by atoms with Crippen molar-refractivity contribution >= 4 is 21.2 Å². The summed E-state index contributed by atoms with van der Waals surface area (Å²) in [7, 11) is -3.32. The molecule has 1 saturated heterocycles. The lowest BCUT2D eigenvalue weighted by Gasteiger charge is -2.43. The highest BCUT2D eigenvalue weighted by atomic mass is 32.2. The van der Waals surface area contributed by atoms with Crippen molar-refractivity contribution in [2.24, 2.45) is 0 Å². The number of nitrogen functional groups attached to an aromatic ring is 1. The van der Waals surface area contributed by atoms with Crippen LogP contribution in [-0.2, 0) is 14.6 Å². The number of hydrogen-bond donors (Lipinski definition) is 1. The van der Waals surface area contributed by atoms with E-state index in [9.17, 15) is 8.42 Å². The van der Waals surface area contributed by atoms with Crippen LogP contribution in [0.5, 0.6) is 0 Å². The molecule has 1 aromatic rings. The zero-order valence-electron chi connectivity index (χ0n) is 12.4. The molecule has 1 aromatic carbocycles. The van der Waals surface area contributed by atoms with Crippen LogP contribution in [0, 0.1) is 0 Å². The second kappa shape index (κ2) is 4.93. The Morgan fingerprint density at radius 1 is 1.40 bits per heavy atom. The van der Waals surface area contributed by atoms with Gasteiger partial charge >= 0.3 is 0 Å². The van der Waals surface area contributed by atoms with Gasteiger partial charge in [-0.15, -0.1) is 0 Å². The van der Waals surface area contributed by atoms with Gasteiger partial charge in [-0.05, 0) is 32.9 Å². The molecule has 1 unspecified atom stereocenters. The van der Waals surface area contributed by atoms with Gasteiger partial charge in [0.25, 0.3) is 0 Å². The fourth-order valence-electron chi connectivity index (χ4n) is 2.77. The van der Waals surface area contributed by atoms with Crippen LogP contribution in [0.25, 0.3) is 0 Å². The molecule has 1 fully saturated rings. The van der Waals surface area contributed by atoms with Gasteiger partial charge < -0.3 is 15.4 Å². The molecule has 2 N–H and O–H groups in total. The molecule has 0 radical (unpaired) electrons. The topological polar surface area (TPSA) is 72.6 Å². The van der Waals surface area contributed by atoms with Crippen molar-refractivity contribution in [3.63, 3.8) is 0 Å². The summed E-state index contributed by atoms with van der Waals surface area (Å²) in [6.07, 6.45) is 1.24. The van der Waals surface area contributed by atoms with Crippen LogP contribution in [0.4, 0.5) is 11.4 Å². The van der Waals surface area contributed by atoms with E-state index < -0.39 is 9.84 Å². The van der Waals surface area contributed by atoms with Crippen molar-refractivity contribution in [2.45, 2.75) is 37.4 Å². The zero-order valence-corrected chi connectivity index (χ0v) is 13.2. The number of rotatable bonds is 2. The van der Waals surface area contributed by atoms with Crippen LogP contribution in [0.1, 0.15) is 20.8 Å². The highest BCUT2D eigenvalue weighted by molar-refractivity contribution is 7.90. The van der Waals surface area contributed by atoms with Gasteiger partial charge in [-0.2, -0.15) is 0 Å². The van der Waals surface area contributed by atoms with Gasteiger partial charge in [0.05, 0.1) is 28.0 Å². The van der Waals surface area contributed by atoms with Gasteiger partial charge in [0.15, 0.2) is 9.84 Å². The standard InChI is InChI=1S/C14H22N2O3S/c1-10-8-16(9-14(2,3)19-10)11-6-5-7-12(13(11)15)20(4,17)18/h5-7,10H,8-9,15H2,1-4H3. The summed E-state index contributed by atoms with van der Waals surface area (Å²) in [6.45, 7) is 7.42. The second-order valence-electron chi connectivity index (χ2n) is 6.03.